The summed E-state index contributed by atoms with van der Waals surface area (Å²) in [7, 11) is 0. The third-order valence-corrected chi connectivity index (χ3v) is 4.54. The van der Waals surface area contributed by atoms with Crippen molar-refractivity contribution in [3.63, 3.8) is 0 Å². The van der Waals surface area contributed by atoms with E-state index in [1.807, 2.05) is 0 Å². The maximum Gasteiger partial charge on any atom is 0.150 e. The summed E-state index contributed by atoms with van der Waals surface area (Å²) in [5.74, 6) is 0.199. The highest BCUT2D eigenvalue weighted by Crippen LogP contribution is 2.42. The van der Waals surface area contributed by atoms with Gasteiger partial charge in [-0.05, 0) is 40.7 Å². The van der Waals surface area contributed by atoms with E-state index in [4.69, 9.17) is 0 Å². The lowest BCUT2D eigenvalue weighted by molar-refractivity contribution is 0.112. The standard InChI is InChI=1S/C21H22O/c1-14-11-15-7-5-6-8-18(15)20(14)19-10-9-17(21(2,3)4)12-16(19)13-22/h5-13,20H,1-4H3. The third kappa shape index (κ3) is 2.41. The van der Waals surface area contributed by atoms with E-state index in [-0.39, 0.29) is 11.3 Å². The van der Waals surface area contributed by atoms with E-state index in [1.54, 1.807) is 0 Å². The molecule has 0 aromatic heterocycles. The van der Waals surface area contributed by atoms with Crippen molar-refractivity contribution in [2.75, 3.05) is 0 Å². The first kappa shape index (κ1) is 14.8. The van der Waals surface area contributed by atoms with Gasteiger partial charge in [-0.2, -0.15) is 0 Å². The molecule has 1 unspecified atom stereocenters. The molecule has 0 fully saturated rings. The van der Waals surface area contributed by atoms with Gasteiger partial charge >= 0.3 is 0 Å². The average Bonchev–Trinajstić information content (AvgIpc) is 2.81. The van der Waals surface area contributed by atoms with E-state index in [0.29, 0.717) is 0 Å². The fourth-order valence-electron chi connectivity index (χ4n) is 3.30. The van der Waals surface area contributed by atoms with Crippen LogP contribution < -0.4 is 0 Å². The Morgan fingerprint density at radius 2 is 1.73 bits per heavy atom. The zero-order valence-electron chi connectivity index (χ0n) is 13.7. The van der Waals surface area contributed by atoms with E-state index in [1.165, 1.54) is 22.3 Å². The lowest BCUT2D eigenvalue weighted by Gasteiger charge is -2.23. The zero-order chi connectivity index (χ0) is 15.9. The molecule has 0 radical (unpaired) electrons. The van der Waals surface area contributed by atoms with Crippen molar-refractivity contribution in [3.8, 4) is 0 Å². The molecule has 1 nitrogen and oxygen atoms in total. The van der Waals surface area contributed by atoms with Gasteiger partial charge in [-0.1, -0.05) is 68.8 Å². The molecule has 2 aromatic carbocycles. The number of aldehydes is 1. The van der Waals surface area contributed by atoms with Gasteiger partial charge in [0.25, 0.3) is 0 Å². The van der Waals surface area contributed by atoms with E-state index in [2.05, 4.69) is 76.2 Å². The molecule has 1 aliphatic carbocycles. The number of carbonyl (C=O) groups is 1. The molecule has 0 saturated carbocycles. The van der Waals surface area contributed by atoms with E-state index in [0.717, 1.165) is 17.4 Å². The zero-order valence-corrected chi connectivity index (χ0v) is 13.7. The maximum absolute atomic E-state index is 11.7. The van der Waals surface area contributed by atoms with Gasteiger partial charge in [0.1, 0.15) is 6.29 Å². The predicted molar refractivity (Wildman–Crippen MR) is 92.5 cm³/mol. The summed E-state index contributed by atoms with van der Waals surface area (Å²) in [6.07, 6.45) is 3.23. The normalized spacial score (nSPS) is 17.1. The Labute approximate surface area is 132 Å². The van der Waals surface area contributed by atoms with Crippen molar-refractivity contribution >= 4 is 12.4 Å². The van der Waals surface area contributed by atoms with Crippen LogP contribution in [-0.2, 0) is 5.41 Å². The fourth-order valence-corrected chi connectivity index (χ4v) is 3.30. The predicted octanol–water partition coefficient (Wildman–Crippen LogP) is 5.35. The van der Waals surface area contributed by atoms with Crippen molar-refractivity contribution in [1.29, 1.82) is 0 Å². The van der Waals surface area contributed by atoms with Gasteiger partial charge in [-0.3, -0.25) is 4.79 Å². The van der Waals surface area contributed by atoms with E-state index >= 15 is 0 Å². The molecule has 0 N–H and O–H groups in total. The van der Waals surface area contributed by atoms with Crippen LogP contribution in [0.5, 0.6) is 0 Å². The van der Waals surface area contributed by atoms with Gasteiger partial charge in [0.2, 0.25) is 0 Å². The van der Waals surface area contributed by atoms with Gasteiger partial charge in [-0.25, -0.2) is 0 Å². The molecule has 112 valence electrons. The monoisotopic (exact) mass is 290 g/mol. The van der Waals surface area contributed by atoms with Gasteiger partial charge in [0, 0.05) is 11.5 Å². The largest absolute Gasteiger partial charge is 0.298 e. The van der Waals surface area contributed by atoms with Crippen molar-refractivity contribution in [3.05, 3.63) is 75.9 Å². The molecule has 1 heteroatoms. The molecule has 0 amide bonds. The van der Waals surface area contributed by atoms with Crippen LogP contribution in [0, 0.1) is 0 Å². The quantitative estimate of drug-likeness (QED) is 0.682. The topological polar surface area (TPSA) is 17.1 Å². The molecule has 0 saturated heterocycles. The number of carbonyl (C=O) groups excluding carboxylic acids is 1. The number of hydrogen-bond donors (Lipinski definition) is 0. The Hall–Kier alpha value is -2.15. The molecule has 1 aliphatic rings. The highest BCUT2D eigenvalue weighted by molar-refractivity contribution is 5.81. The summed E-state index contributed by atoms with van der Waals surface area (Å²) in [4.78, 5) is 11.7. The van der Waals surface area contributed by atoms with Crippen molar-refractivity contribution < 1.29 is 4.79 Å². The Balaban J connectivity index is 2.14. The minimum atomic E-state index is 0.0504. The van der Waals surface area contributed by atoms with Gasteiger partial charge in [0.15, 0.2) is 0 Å². The van der Waals surface area contributed by atoms with Gasteiger partial charge < -0.3 is 0 Å². The summed E-state index contributed by atoms with van der Waals surface area (Å²) in [5.41, 5.74) is 7.03. The first-order chi connectivity index (χ1) is 10.4. The van der Waals surface area contributed by atoms with Crippen molar-refractivity contribution in [1.82, 2.24) is 0 Å². The molecular weight excluding hydrogens is 268 g/mol. The number of allylic oxidation sites excluding steroid dienone is 1. The van der Waals surface area contributed by atoms with Crippen molar-refractivity contribution in [2.45, 2.75) is 39.0 Å². The molecular formula is C21H22O. The molecule has 2 aromatic rings. The van der Waals surface area contributed by atoms with Gasteiger partial charge in [-0.15, -0.1) is 0 Å². The van der Waals surface area contributed by atoms with Crippen LogP contribution >= 0.6 is 0 Å². The van der Waals surface area contributed by atoms with E-state index in [9.17, 15) is 4.79 Å². The third-order valence-electron chi connectivity index (χ3n) is 4.54. The molecule has 0 spiro atoms. The average molecular weight is 290 g/mol. The minimum absolute atomic E-state index is 0.0504. The second kappa shape index (κ2) is 5.24. The summed E-state index contributed by atoms with van der Waals surface area (Å²) in [6, 6.07) is 14.8. The molecule has 0 heterocycles. The first-order valence-corrected chi connectivity index (χ1v) is 7.78. The summed E-state index contributed by atoms with van der Waals surface area (Å²) in [6.45, 7) is 8.67. The van der Waals surface area contributed by atoms with Crippen LogP contribution in [0.3, 0.4) is 0 Å². The maximum atomic E-state index is 11.7. The fraction of sp³-hybridized carbons (Fsp3) is 0.286. The Bertz CT molecular complexity index is 760. The Morgan fingerprint density at radius 1 is 1.00 bits per heavy atom. The van der Waals surface area contributed by atoms with Crippen LogP contribution in [0.2, 0.25) is 0 Å². The smallest absolute Gasteiger partial charge is 0.150 e. The minimum Gasteiger partial charge on any atom is -0.298 e. The van der Waals surface area contributed by atoms with Crippen LogP contribution in [0.25, 0.3) is 6.08 Å². The second-order valence-corrected chi connectivity index (χ2v) is 7.16. The van der Waals surface area contributed by atoms with Crippen molar-refractivity contribution in [2.24, 2.45) is 0 Å². The Kier molecular flexibility index (Phi) is 3.52. The molecule has 0 bridgehead atoms. The summed E-state index contributed by atoms with van der Waals surface area (Å²) >= 11 is 0. The number of rotatable bonds is 2. The van der Waals surface area contributed by atoms with Crippen LogP contribution in [0.4, 0.5) is 0 Å². The molecule has 0 aliphatic heterocycles. The lowest BCUT2D eigenvalue weighted by Crippen LogP contribution is -2.13. The Morgan fingerprint density at radius 3 is 2.41 bits per heavy atom. The molecule has 22 heavy (non-hydrogen) atoms. The number of benzene rings is 2. The highest BCUT2D eigenvalue weighted by atomic mass is 16.1. The number of fused-ring (bicyclic) bond motifs is 1. The van der Waals surface area contributed by atoms with Crippen LogP contribution in [0.1, 0.15) is 66.2 Å². The van der Waals surface area contributed by atoms with Crippen LogP contribution in [0.15, 0.2) is 48.0 Å². The summed E-state index contributed by atoms with van der Waals surface area (Å²) in [5, 5.41) is 0. The highest BCUT2D eigenvalue weighted by Gasteiger charge is 2.26. The second-order valence-electron chi connectivity index (χ2n) is 7.16. The molecule has 3 rings (SSSR count). The molecule has 1 atom stereocenters. The summed E-state index contributed by atoms with van der Waals surface area (Å²) < 4.78 is 0. The van der Waals surface area contributed by atoms with Gasteiger partial charge in [0.05, 0.1) is 0 Å². The van der Waals surface area contributed by atoms with E-state index < -0.39 is 0 Å². The number of hydrogen-bond acceptors (Lipinski definition) is 1. The first-order valence-electron chi connectivity index (χ1n) is 7.78. The van der Waals surface area contributed by atoms with Crippen LogP contribution in [-0.4, -0.2) is 6.29 Å². The SMILES string of the molecule is CC1=Cc2ccccc2C1c1ccc(C(C)(C)C)cc1C=O. The lowest BCUT2D eigenvalue weighted by atomic mass is 9.81.